The molecule has 2 unspecified atom stereocenters. The molecule has 2 nitrogen and oxygen atoms in total. The lowest BCUT2D eigenvalue weighted by atomic mass is 9.99. The van der Waals surface area contributed by atoms with Crippen LogP contribution < -0.4 is 0 Å². The average molecular weight is 251 g/mol. The van der Waals surface area contributed by atoms with E-state index in [9.17, 15) is 0 Å². The molecule has 3 heteroatoms. The van der Waals surface area contributed by atoms with E-state index in [1.807, 2.05) is 0 Å². The third-order valence-corrected chi connectivity index (χ3v) is 3.57. The lowest BCUT2D eigenvalue weighted by Gasteiger charge is -2.27. The van der Waals surface area contributed by atoms with Crippen LogP contribution in [0.15, 0.2) is 0 Å². The minimum absolute atomic E-state index is 0.631. The Morgan fingerprint density at radius 2 is 2.31 bits per heavy atom. The largest absolute Gasteiger partial charge is 0.381 e. The van der Waals surface area contributed by atoms with Gasteiger partial charge in [-0.3, -0.25) is 0 Å². The van der Waals surface area contributed by atoms with Crippen molar-refractivity contribution in [3.8, 4) is 0 Å². The number of hydrogen-bond donors (Lipinski definition) is 0. The molecule has 2 atom stereocenters. The summed E-state index contributed by atoms with van der Waals surface area (Å²) in [5.74, 6) is 0.644. The van der Waals surface area contributed by atoms with Crippen LogP contribution in [0.1, 0.15) is 26.2 Å². The Balaban J connectivity index is 2.05. The highest BCUT2D eigenvalue weighted by molar-refractivity contribution is 9.09. The Hall–Kier alpha value is 0.400. The fraction of sp³-hybridized carbons (Fsp3) is 1.00. The van der Waals surface area contributed by atoms with Crippen molar-refractivity contribution < 1.29 is 9.47 Å². The van der Waals surface area contributed by atoms with Gasteiger partial charge in [0.25, 0.3) is 0 Å². The van der Waals surface area contributed by atoms with Crippen molar-refractivity contribution in [3.63, 3.8) is 0 Å². The predicted octanol–water partition coefficient (Wildman–Crippen LogP) is 2.60. The third-order valence-electron chi connectivity index (χ3n) is 2.36. The molecule has 1 aliphatic heterocycles. The van der Waals surface area contributed by atoms with Crippen molar-refractivity contribution in [2.45, 2.75) is 31.0 Å². The van der Waals surface area contributed by atoms with Gasteiger partial charge in [0, 0.05) is 24.6 Å². The molecule has 0 aromatic carbocycles. The van der Waals surface area contributed by atoms with E-state index in [0.29, 0.717) is 10.7 Å². The monoisotopic (exact) mass is 250 g/mol. The zero-order valence-corrected chi connectivity index (χ0v) is 9.88. The van der Waals surface area contributed by atoms with Gasteiger partial charge in [0.1, 0.15) is 0 Å². The summed E-state index contributed by atoms with van der Waals surface area (Å²) in [4.78, 5) is 0.631. The number of ether oxygens (including phenoxy) is 2. The Morgan fingerprint density at radius 3 is 3.00 bits per heavy atom. The van der Waals surface area contributed by atoms with Crippen LogP contribution >= 0.6 is 15.9 Å². The molecule has 0 bridgehead atoms. The third kappa shape index (κ3) is 4.43. The van der Waals surface area contributed by atoms with Gasteiger partial charge in [-0.2, -0.15) is 0 Å². The SMILES string of the molecule is CCCOCCC1COCCC1Br. The summed E-state index contributed by atoms with van der Waals surface area (Å²) in [6.45, 7) is 5.70. The van der Waals surface area contributed by atoms with Gasteiger partial charge in [-0.05, 0) is 25.2 Å². The van der Waals surface area contributed by atoms with Gasteiger partial charge in [-0.25, -0.2) is 0 Å². The fourth-order valence-corrected chi connectivity index (χ4v) is 2.12. The maximum absolute atomic E-state index is 5.46. The summed E-state index contributed by atoms with van der Waals surface area (Å²) in [5.41, 5.74) is 0. The second-order valence-electron chi connectivity index (χ2n) is 3.54. The molecule has 1 saturated heterocycles. The number of halogens is 1. The van der Waals surface area contributed by atoms with Crippen LogP contribution in [0, 0.1) is 5.92 Å². The number of hydrogen-bond acceptors (Lipinski definition) is 2. The van der Waals surface area contributed by atoms with E-state index in [1.165, 1.54) is 0 Å². The fourth-order valence-electron chi connectivity index (χ4n) is 1.52. The first kappa shape index (κ1) is 11.5. The average Bonchev–Trinajstić information content (AvgIpc) is 2.15. The second-order valence-corrected chi connectivity index (χ2v) is 4.72. The van der Waals surface area contributed by atoms with Crippen molar-refractivity contribution in [3.05, 3.63) is 0 Å². The molecule has 0 aliphatic carbocycles. The van der Waals surface area contributed by atoms with Crippen LogP contribution in [-0.4, -0.2) is 31.3 Å². The highest BCUT2D eigenvalue weighted by Gasteiger charge is 2.22. The van der Waals surface area contributed by atoms with Crippen LogP contribution in [0.3, 0.4) is 0 Å². The zero-order chi connectivity index (χ0) is 9.52. The van der Waals surface area contributed by atoms with E-state index in [0.717, 1.165) is 45.7 Å². The normalized spacial score (nSPS) is 29.1. The Bertz CT molecular complexity index is 130. The lowest BCUT2D eigenvalue weighted by molar-refractivity contribution is 0.0392. The van der Waals surface area contributed by atoms with Crippen molar-refractivity contribution in [1.82, 2.24) is 0 Å². The molecule has 1 rings (SSSR count). The minimum atomic E-state index is 0.631. The minimum Gasteiger partial charge on any atom is -0.381 e. The predicted molar refractivity (Wildman–Crippen MR) is 57.4 cm³/mol. The Kier molecular flexibility index (Phi) is 6.00. The smallest absolute Gasteiger partial charge is 0.0505 e. The van der Waals surface area contributed by atoms with E-state index in [2.05, 4.69) is 22.9 Å². The Morgan fingerprint density at radius 1 is 1.46 bits per heavy atom. The summed E-state index contributed by atoms with van der Waals surface area (Å²) in [7, 11) is 0. The van der Waals surface area contributed by atoms with E-state index in [4.69, 9.17) is 9.47 Å². The van der Waals surface area contributed by atoms with Crippen molar-refractivity contribution in [2.24, 2.45) is 5.92 Å². The maximum Gasteiger partial charge on any atom is 0.0505 e. The quantitative estimate of drug-likeness (QED) is 0.552. The van der Waals surface area contributed by atoms with Gasteiger partial charge in [0.05, 0.1) is 6.61 Å². The highest BCUT2D eigenvalue weighted by atomic mass is 79.9. The van der Waals surface area contributed by atoms with E-state index in [1.54, 1.807) is 0 Å². The first-order chi connectivity index (χ1) is 6.34. The maximum atomic E-state index is 5.46. The van der Waals surface area contributed by atoms with Crippen LogP contribution in [-0.2, 0) is 9.47 Å². The summed E-state index contributed by atoms with van der Waals surface area (Å²) < 4.78 is 10.9. The molecule has 1 aliphatic rings. The molecule has 0 saturated carbocycles. The number of alkyl halides is 1. The molecule has 0 N–H and O–H groups in total. The zero-order valence-electron chi connectivity index (χ0n) is 8.30. The number of rotatable bonds is 5. The van der Waals surface area contributed by atoms with Gasteiger partial charge < -0.3 is 9.47 Å². The van der Waals surface area contributed by atoms with Gasteiger partial charge in [-0.15, -0.1) is 0 Å². The van der Waals surface area contributed by atoms with Gasteiger partial charge in [-0.1, -0.05) is 22.9 Å². The first-order valence-electron chi connectivity index (χ1n) is 5.14. The standard InChI is InChI=1S/C10H19BrO2/c1-2-5-12-6-3-9-8-13-7-4-10(9)11/h9-10H,2-8H2,1H3. The molecular weight excluding hydrogens is 232 g/mol. The molecule has 1 fully saturated rings. The van der Waals surface area contributed by atoms with Crippen LogP contribution in [0.5, 0.6) is 0 Å². The molecule has 0 radical (unpaired) electrons. The van der Waals surface area contributed by atoms with Gasteiger partial charge in [0.15, 0.2) is 0 Å². The first-order valence-corrected chi connectivity index (χ1v) is 6.05. The second kappa shape index (κ2) is 6.80. The summed E-state index contributed by atoms with van der Waals surface area (Å²) >= 11 is 3.69. The van der Waals surface area contributed by atoms with Gasteiger partial charge in [0.2, 0.25) is 0 Å². The topological polar surface area (TPSA) is 18.5 Å². The molecule has 1 heterocycles. The van der Waals surface area contributed by atoms with Crippen LogP contribution in [0.25, 0.3) is 0 Å². The molecule has 0 aromatic heterocycles. The van der Waals surface area contributed by atoms with Crippen molar-refractivity contribution in [1.29, 1.82) is 0 Å². The lowest BCUT2D eigenvalue weighted by Crippen LogP contribution is -2.28. The molecule has 13 heavy (non-hydrogen) atoms. The molecule has 78 valence electrons. The summed E-state index contributed by atoms with van der Waals surface area (Å²) in [6.07, 6.45) is 3.37. The molecule has 0 spiro atoms. The van der Waals surface area contributed by atoms with Gasteiger partial charge >= 0.3 is 0 Å². The van der Waals surface area contributed by atoms with Crippen molar-refractivity contribution in [2.75, 3.05) is 26.4 Å². The van der Waals surface area contributed by atoms with Crippen LogP contribution in [0.2, 0.25) is 0 Å². The molecular formula is C10H19BrO2. The van der Waals surface area contributed by atoms with E-state index < -0.39 is 0 Å². The molecule has 0 amide bonds. The summed E-state index contributed by atoms with van der Waals surface area (Å²) in [6, 6.07) is 0. The molecule has 0 aromatic rings. The highest BCUT2D eigenvalue weighted by Crippen LogP contribution is 2.24. The Labute approximate surface area is 89.1 Å². The summed E-state index contributed by atoms with van der Waals surface area (Å²) in [5, 5.41) is 0. The van der Waals surface area contributed by atoms with E-state index >= 15 is 0 Å². The van der Waals surface area contributed by atoms with Crippen molar-refractivity contribution >= 4 is 15.9 Å². The van der Waals surface area contributed by atoms with Crippen LogP contribution in [0.4, 0.5) is 0 Å². The van der Waals surface area contributed by atoms with E-state index in [-0.39, 0.29) is 0 Å².